The van der Waals surface area contributed by atoms with Crippen molar-refractivity contribution in [2.45, 2.75) is 0 Å². The lowest BCUT2D eigenvalue weighted by Gasteiger charge is -2.14. The quantitative estimate of drug-likeness (QED) is 0.254. The van der Waals surface area contributed by atoms with Crippen LogP contribution < -0.4 is 5.32 Å². The summed E-state index contributed by atoms with van der Waals surface area (Å²) in [5.74, 6) is 0. The van der Waals surface area contributed by atoms with Gasteiger partial charge in [-0.2, -0.15) is 0 Å². The van der Waals surface area contributed by atoms with Crippen LogP contribution in [0.2, 0.25) is 0 Å². The highest BCUT2D eigenvalue weighted by molar-refractivity contribution is 5.86. The van der Waals surface area contributed by atoms with Crippen LogP contribution in [0.3, 0.4) is 0 Å². The molecule has 0 radical (unpaired) electrons. The molecule has 176 valence electrons. The molecular weight excluding hydrogens is 446 g/mol. The summed E-state index contributed by atoms with van der Waals surface area (Å²) >= 11 is 0. The normalized spacial score (nSPS) is 10.7. The molecule has 6 aromatic rings. The minimum Gasteiger partial charge on any atom is -0.356 e. The Bertz CT molecular complexity index is 1590. The van der Waals surface area contributed by atoms with E-state index in [0.29, 0.717) is 0 Å². The highest BCUT2D eigenvalue weighted by Crippen LogP contribution is 2.35. The minimum absolute atomic E-state index is 1.07. The van der Waals surface area contributed by atoms with E-state index in [0.717, 1.165) is 11.4 Å². The Kier molecular flexibility index (Phi) is 6.34. The van der Waals surface area contributed by atoms with Gasteiger partial charge < -0.3 is 5.32 Å². The molecule has 0 aliphatic heterocycles. The lowest BCUT2D eigenvalue weighted by Crippen LogP contribution is -1.93. The second-order valence-electron chi connectivity index (χ2n) is 9.14. The van der Waals surface area contributed by atoms with E-state index in [9.17, 15) is 0 Å². The van der Waals surface area contributed by atoms with Gasteiger partial charge in [0.25, 0.3) is 0 Å². The predicted molar refractivity (Wildman–Crippen MR) is 158 cm³/mol. The van der Waals surface area contributed by atoms with E-state index in [1.54, 1.807) is 0 Å². The van der Waals surface area contributed by atoms with Crippen LogP contribution in [0.15, 0.2) is 158 Å². The van der Waals surface area contributed by atoms with E-state index < -0.39 is 0 Å². The molecule has 0 aromatic heterocycles. The zero-order chi connectivity index (χ0) is 24.9. The summed E-state index contributed by atoms with van der Waals surface area (Å²) in [5.41, 5.74) is 11.9. The van der Waals surface area contributed by atoms with Crippen molar-refractivity contribution in [2.75, 3.05) is 5.32 Å². The van der Waals surface area contributed by atoms with Crippen LogP contribution >= 0.6 is 0 Å². The summed E-state index contributed by atoms with van der Waals surface area (Å²) < 4.78 is 0. The summed E-state index contributed by atoms with van der Waals surface area (Å²) in [6.45, 7) is 0. The van der Waals surface area contributed by atoms with Crippen molar-refractivity contribution in [1.29, 1.82) is 0 Å². The van der Waals surface area contributed by atoms with Crippen molar-refractivity contribution in [2.24, 2.45) is 0 Å². The van der Waals surface area contributed by atoms with Crippen molar-refractivity contribution in [1.82, 2.24) is 0 Å². The molecule has 0 saturated carbocycles. The molecule has 0 aliphatic rings. The largest absolute Gasteiger partial charge is 0.356 e. The van der Waals surface area contributed by atoms with Gasteiger partial charge in [0.05, 0.1) is 0 Å². The molecule has 1 nitrogen and oxygen atoms in total. The van der Waals surface area contributed by atoms with Gasteiger partial charge in [0.2, 0.25) is 0 Å². The molecule has 0 amide bonds. The van der Waals surface area contributed by atoms with Crippen LogP contribution in [0.25, 0.3) is 44.5 Å². The average Bonchev–Trinajstić information content (AvgIpc) is 2.99. The fourth-order valence-electron chi connectivity index (χ4n) is 4.75. The van der Waals surface area contributed by atoms with Crippen LogP contribution in [0.5, 0.6) is 0 Å². The van der Waals surface area contributed by atoms with E-state index >= 15 is 0 Å². The molecule has 6 rings (SSSR count). The summed E-state index contributed by atoms with van der Waals surface area (Å²) in [7, 11) is 0. The van der Waals surface area contributed by atoms with Gasteiger partial charge in [0, 0.05) is 11.4 Å². The van der Waals surface area contributed by atoms with Crippen LogP contribution in [0.4, 0.5) is 11.4 Å². The van der Waals surface area contributed by atoms with Gasteiger partial charge in [-0.05, 0) is 68.8 Å². The Labute approximate surface area is 218 Å². The topological polar surface area (TPSA) is 12.0 Å². The standard InChI is InChI=1S/C36H27N/c1-4-10-27(11-5-1)28-16-18-29(19-17-28)30-20-22-33(23-21-30)37-34-24-25-35(31-12-6-2-7-13-31)36(26-34)32-14-8-3-9-15-32/h1-26,37H. The Balaban J connectivity index is 1.25. The van der Waals surface area contributed by atoms with E-state index in [1.807, 2.05) is 6.07 Å². The van der Waals surface area contributed by atoms with Gasteiger partial charge in [0.15, 0.2) is 0 Å². The zero-order valence-corrected chi connectivity index (χ0v) is 20.5. The van der Waals surface area contributed by atoms with Gasteiger partial charge in [-0.25, -0.2) is 0 Å². The molecule has 37 heavy (non-hydrogen) atoms. The van der Waals surface area contributed by atoms with Crippen LogP contribution in [-0.2, 0) is 0 Å². The maximum atomic E-state index is 3.60. The molecule has 0 heterocycles. The molecule has 0 unspecified atom stereocenters. The summed E-state index contributed by atoms with van der Waals surface area (Å²) in [6.07, 6.45) is 0. The second-order valence-corrected chi connectivity index (χ2v) is 9.14. The Morgan fingerprint density at radius 3 is 1.16 bits per heavy atom. The lowest BCUT2D eigenvalue weighted by molar-refractivity contribution is 1.52. The van der Waals surface area contributed by atoms with Crippen LogP contribution in [-0.4, -0.2) is 0 Å². The second kappa shape index (κ2) is 10.4. The average molecular weight is 474 g/mol. The van der Waals surface area contributed by atoms with E-state index in [4.69, 9.17) is 0 Å². The lowest BCUT2D eigenvalue weighted by atomic mass is 9.94. The third-order valence-corrected chi connectivity index (χ3v) is 6.69. The molecule has 1 heteroatoms. The van der Waals surface area contributed by atoms with E-state index in [-0.39, 0.29) is 0 Å². The first-order valence-electron chi connectivity index (χ1n) is 12.6. The highest BCUT2D eigenvalue weighted by Gasteiger charge is 2.09. The van der Waals surface area contributed by atoms with Gasteiger partial charge in [0.1, 0.15) is 0 Å². The maximum Gasteiger partial charge on any atom is 0.0390 e. The predicted octanol–water partition coefficient (Wildman–Crippen LogP) is 10.1. The number of hydrogen-bond donors (Lipinski definition) is 1. The van der Waals surface area contributed by atoms with Crippen molar-refractivity contribution in [3.8, 4) is 44.5 Å². The first-order valence-corrected chi connectivity index (χ1v) is 12.6. The highest BCUT2D eigenvalue weighted by atomic mass is 14.9. The monoisotopic (exact) mass is 473 g/mol. The van der Waals surface area contributed by atoms with Gasteiger partial charge >= 0.3 is 0 Å². The number of benzene rings is 6. The Morgan fingerprint density at radius 1 is 0.270 bits per heavy atom. The molecule has 0 atom stereocenters. The third kappa shape index (κ3) is 5.07. The number of rotatable bonds is 6. The fraction of sp³-hybridized carbons (Fsp3) is 0. The summed E-state index contributed by atoms with van der Waals surface area (Å²) in [6, 6.07) is 55.7. The van der Waals surface area contributed by atoms with Gasteiger partial charge in [-0.3, -0.25) is 0 Å². The number of nitrogens with one attached hydrogen (secondary N) is 1. The van der Waals surface area contributed by atoms with Crippen LogP contribution in [0, 0.1) is 0 Å². The van der Waals surface area contributed by atoms with Crippen molar-refractivity contribution < 1.29 is 0 Å². The number of anilines is 2. The third-order valence-electron chi connectivity index (χ3n) is 6.69. The Hall–Kier alpha value is -4.88. The molecule has 0 fully saturated rings. The smallest absolute Gasteiger partial charge is 0.0390 e. The van der Waals surface area contributed by atoms with Crippen molar-refractivity contribution >= 4 is 11.4 Å². The van der Waals surface area contributed by atoms with E-state index in [1.165, 1.54) is 44.5 Å². The molecule has 1 N–H and O–H groups in total. The van der Waals surface area contributed by atoms with Crippen LogP contribution in [0.1, 0.15) is 0 Å². The fourth-order valence-corrected chi connectivity index (χ4v) is 4.75. The first kappa shape index (κ1) is 22.6. The first-order chi connectivity index (χ1) is 18.3. The molecule has 0 spiro atoms. The summed E-state index contributed by atoms with van der Waals surface area (Å²) in [5, 5.41) is 3.60. The Morgan fingerprint density at radius 2 is 0.649 bits per heavy atom. The summed E-state index contributed by atoms with van der Waals surface area (Å²) in [4.78, 5) is 0. The molecule has 0 saturated heterocycles. The SMILES string of the molecule is c1ccc(-c2ccc(-c3ccc(Nc4ccc(-c5ccccc5)c(-c5ccccc5)c4)cc3)cc2)cc1. The van der Waals surface area contributed by atoms with Crippen molar-refractivity contribution in [3.63, 3.8) is 0 Å². The maximum absolute atomic E-state index is 3.60. The van der Waals surface area contributed by atoms with Gasteiger partial charge in [-0.1, -0.05) is 133 Å². The molecule has 0 aliphatic carbocycles. The van der Waals surface area contributed by atoms with Gasteiger partial charge in [-0.15, -0.1) is 0 Å². The zero-order valence-electron chi connectivity index (χ0n) is 20.5. The van der Waals surface area contributed by atoms with E-state index in [2.05, 4.69) is 157 Å². The minimum atomic E-state index is 1.07. The number of hydrogen-bond acceptors (Lipinski definition) is 1. The molecule has 0 bridgehead atoms. The van der Waals surface area contributed by atoms with Crippen molar-refractivity contribution in [3.05, 3.63) is 158 Å². The molecular formula is C36H27N. The molecule has 6 aromatic carbocycles.